The molecule has 0 saturated heterocycles. The Balaban J connectivity index is 2.42. The maximum Gasteiger partial charge on any atom is 0.151 e. The highest BCUT2D eigenvalue weighted by atomic mass is 35.5. The highest BCUT2D eigenvalue weighted by Gasteiger charge is 2.09. The molecule has 0 unspecified atom stereocenters. The van der Waals surface area contributed by atoms with Crippen molar-refractivity contribution in [1.29, 1.82) is 0 Å². The third kappa shape index (κ3) is 2.31. The van der Waals surface area contributed by atoms with Crippen LogP contribution in [0.25, 0.3) is 11.1 Å². The predicted molar refractivity (Wildman–Crippen MR) is 73.1 cm³/mol. The topological polar surface area (TPSA) is 34.9 Å². The fraction of sp³-hybridized carbons (Fsp3) is 0.286. The first-order valence-corrected chi connectivity index (χ1v) is 6.32. The predicted octanol–water partition coefficient (Wildman–Crippen LogP) is 3.73. The molecule has 1 aromatic heterocycles. The molecule has 0 radical (unpaired) electrons. The Morgan fingerprint density at radius 1 is 1.44 bits per heavy atom. The van der Waals surface area contributed by atoms with E-state index in [-0.39, 0.29) is 0 Å². The van der Waals surface area contributed by atoms with E-state index in [1.165, 1.54) is 0 Å². The number of carbonyl (C=O) groups excluding carboxylic acids is 1. The van der Waals surface area contributed by atoms with E-state index in [2.05, 4.69) is 12.0 Å². The summed E-state index contributed by atoms with van der Waals surface area (Å²) in [6.45, 7) is 5.07. The van der Waals surface area contributed by atoms with Crippen LogP contribution in [0.5, 0.6) is 0 Å². The summed E-state index contributed by atoms with van der Waals surface area (Å²) in [7, 11) is 0. The molecule has 0 aliphatic carbocycles. The van der Waals surface area contributed by atoms with Crippen molar-refractivity contribution in [2.45, 2.75) is 26.8 Å². The van der Waals surface area contributed by atoms with Crippen LogP contribution in [0.15, 0.2) is 24.4 Å². The largest absolute Gasteiger partial charge is 0.298 e. The molecule has 0 aliphatic heterocycles. The number of rotatable bonds is 4. The SMILES string of the molecule is CCCn1ncc(-c2ccc(C=O)c(Cl)c2)c1C. The van der Waals surface area contributed by atoms with Crippen molar-refractivity contribution in [2.24, 2.45) is 0 Å². The van der Waals surface area contributed by atoms with Crippen LogP contribution in [0, 0.1) is 6.92 Å². The summed E-state index contributed by atoms with van der Waals surface area (Å²) in [6, 6.07) is 5.45. The Morgan fingerprint density at radius 3 is 2.83 bits per heavy atom. The molecule has 4 heteroatoms. The molecule has 3 nitrogen and oxygen atoms in total. The van der Waals surface area contributed by atoms with E-state index < -0.39 is 0 Å². The second kappa shape index (κ2) is 5.36. The quantitative estimate of drug-likeness (QED) is 0.787. The number of aryl methyl sites for hydroxylation is 1. The molecule has 1 heterocycles. The summed E-state index contributed by atoms with van der Waals surface area (Å²) < 4.78 is 1.98. The van der Waals surface area contributed by atoms with Crippen LogP contribution in [0.1, 0.15) is 29.4 Å². The lowest BCUT2D eigenvalue weighted by molar-refractivity contribution is 0.112. The summed E-state index contributed by atoms with van der Waals surface area (Å²) in [5.41, 5.74) is 3.68. The third-order valence-electron chi connectivity index (χ3n) is 2.98. The second-order valence-electron chi connectivity index (χ2n) is 4.22. The average Bonchev–Trinajstić information content (AvgIpc) is 2.72. The first-order valence-electron chi connectivity index (χ1n) is 5.95. The monoisotopic (exact) mass is 262 g/mol. The molecule has 0 amide bonds. The fourth-order valence-corrected chi connectivity index (χ4v) is 2.18. The van der Waals surface area contributed by atoms with E-state index in [0.717, 1.165) is 36.1 Å². The molecule has 2 rings (SSSR count). The van der Waals surface area contributed by atoms with E-state index in [1.807, 2.05) is 29.9 Å². The molecule has 0 aliphatic rings. The number of aldehydes is 1. The van der Waals surface area contributed by atoms with Crippen LogP contribution in [-0.4, -0.2) is 16.1 Å². The highest BCUT2D eigenvalue weighted by Crippen LogP contribution is 2.27. The molecule has 0 saturated carbocycles. The molecule has 94 valence electrons. The van der Waals surface area contributed by atoms with Crippen LogP contribution in [0.3, 0.4) is 0 Å². The van der Waals surface area contributed by atoms with Gasteiger partial charge in [0.1, 0.15) is 0 Å². The maximum atomic E-state index is 10.7. The van der Waals surface area contributed by atoms with Crippen LogP contribution in [-0.2, 0) is 6.54 Å². The van der Waals surface area contributed by atoms with Gasteiger partial charge in [-0.2, -0.15) is 5.10 Å². The first-order chi connectivity index (χ1) is 8.67. The van der Waals surface area contributed by atoms with Gasteiger partial charge in [0.25, 0.3) is 0 Å². The number of halogens is 1. The fourth-order valence-electron chi connectivity index (χ4n) is 1.96. The van der Waals surface area contributed by atoms with Gasteiger partial charge < -0.3 is 0 Å². The number of hydrogen-bond donors (Lipinski definition) is 0. The third-order valence-corrected chi connectivity index (χ3v) is 3.30. The van der Waals surface area contributed by atoms with Crippen LogP contribution < -0.4 is 0 Å². The minimum atomic E-state index is 0.477. The Hall–Kier alpha value is -1.61. The number of nitrogens with zero attached hydrogens (tertiary/aromatic N) is 2. The van der Waals surface area contributed by atoms with Crippen molar-refractivity contribution >= 4 is 17.9 Å². The molecule has 18 heavy (non-hydrogen) atoms. The zero-order valence-corrected chi connectivity index (χ0v) is 11.2. The van der Waals surface area contributed by atoms with E-state index >= 15 is 0 Å². The lowest BCUT2D eigenvalue weighted by Crippen LogP contribution is -2.00. The Bertz CT molecular complexity index is 575. The van der Waals surface area contributed by atoms with Gasteiger partial charge in [-0.25, -0.2) is 0 Å². The lowest BCUT2D eigenvalue weighted by Gasteiger charge is -2.05. The summed E-state index contributed by atoms with van der Waals surface area (Å²) in [6.07, 6.45) is 3.66. The normalized spacial score (nSPS) is 10.6. The van der Waals surface area contributed by atoms with E-state index in [9.17, 15) is 4.79 Å². The Morgan fingerprint density at radius 2 is 2.22 bits per heavy atom. The zero-order valence-electron chi connectivity index (χ0n) is 10.5. The minimum Gasteiger partial charge on any atom is -0.298 e. The van der Waals surface area contributed by atoms with Crippen LogP contribution in [0.2, 0.25) is 5.02 Å². The van der Waals surface area contributed by atoms with Crippen molar-refractivity contribution in [3.63, 3.8) is 0 Å². The van der Waals surface area contributed by atoms with Gasteiger partial charge in [-0.05, 0) is 31.0 Å². The summed E-state index contributed by atoms with van der Waals surface area (Å²) in [5, 5.41) is 4.84. The van der Waals surface area contributed by atoms with Gasteiger partial charge in [-0.1, -0.05) is 24.6 Å². The van der Waals surface area contributed by atoms with Crippen molar-refractivity contribution in [2.75, 3.05) is 0 Å². The Kier molecular flexibility index (Phi) is 3.82. The van der Waals surface area contributed by atoms with Gasteiger partial charge in [0, 0.05) is 23.4 Å². The first kappa shape index (κ1) is 12.8. The van der Waals surface area contributed by atoms with Gasteiger partial charge in [0.05, 0.1) is 11.2 Å². The van der Waals surface area contributed by atoms with Gasteiger partial charge >= 0.3 is 0 Å². The molecule has 0 bridgehead atoms. The van der Waals surface area contributed by atoms with Gasteiger partial charge in [-0.15, -0.1) is 0 Å². The second-order valence-corrected chi connectivity index (χ2v) is 4.63. The van der Waals surface area contributed by atoms with Gasteiger partial charge in [0.15, 0.2) is 6.29 Å². The smallest absolute Gasteiger partial charge is 0.151 e. The standard InChI is InChI=1S/C14H15ClN2O/c1-3-6-17-10(2)13(8-16-17)11-4-5-12(9-18)14(15)7-11/h4-5,7-9H,3,6H2,1-2H3. The van der Waals surface area contributed by atoms with E-state index in [4.69, 9.17) is 11.6 Å². The number of benzene rings is 1. The number of carbonyl (C=O) groups is 1. The molecule has 2 aromatic rings. The molecule has 0 atom stereocenters. The molecule has 0 N–H and O–H groups in total. The van der Waals surface area contributed by atoms with E-state index in [0.29, 0.717) is 10.6 Å². The molecular formula is C14H15ClN2O. The van der Waals surface area contributed by atoms with Crippen LogP contribution in [0.4, 0.5) is 0 Å². The van der Waals surface area contributed by atoms with Crippen LogP contribution >= 0.6 is 11.6 Å². The minimum absolute atomic E-state index is 0.477. The molecule has 0 spiro atoms. The maximum absolute atomic E-state index is 10.7. The van der Waals surface area contributed by atoms with Crippen molar-refractivity contribution < 1.29 is 4.79 Å². The molecule has 0 fully saturated rings. The molecule has 1 aromatic carbocycles. The average molecular weight is 263 g/mol. The highest BCUT2D eigenvalue weighted by molar-refractivity contribution is 6.33. The Labute approximate surface area is 111 Å². The lowest BCUT2D eigenvalue weighted by atomic mass is 10.1. The van der Waals surface area contributed by atoms with Crippen molar-refractivity contribution in [1.82, 2.24) is 9.78 Å². The summed E-state index contributed by atoms with van der Waals surface area (Å²) >= 11 is 6.04. The van der Waals surface area contributed by atoms with Gasteiger partial charge in [0.2, 0.25) is 0 Å². The van der Waals surface area contributed by atoms with Crippen molar-refractivity contribution in [3.8, 4) is 11.1 Å². The number of hydrogen-bond acceptors (Lipinski definition) is 2. The van der Waals surface area contributed by atoms with Crippen molar-refractivity contribution in [3.05, 3.63) is 40.7 Å². The number of aromatic nitrogens is 2. The molecular weight excluding hydrogens is 248 g/mol. The van der Waals surface area contributed by atoms with E-state index in [1.54, 1.807) is 6.07 Å². The summed E-state index contributed by atoms with van der Waals surface area (Å²) in [4.78, 5) is 10.7. The summed E-state index contributed by atoms with van der Waals surface area (Å²) in [5.74, 6) is 0. The zero-order chi connectivity index (χ0) is 13.1. The van der Waals surface area contributed by atoms with Gasteiger partial charge in [-0.3, -0.25) is 9.48 Å².